The van der Waals surface area contributed by atoms with Crippen LogP contribution in [0.15, 0.2) is 53.5 Å². The Morgan fingerprint density at radius 3 is 1.97 bits per heavy atom. The van der Waals surface area contributed by atoms with E-state index in [1.165, 1.54) is 19.3 Å². The van der Waals surface area contributed by atoms with Gasteiger partial charge in [-0.2, -0.15) is 28.2 Å². The molecule has 0 unspecified atom stereocenters. The molecule has 0 bridgehead atoms. The van der Waals surface area contributed by atoms with Crippen LogP contribution in [0.2, 0.25) is 0 Å². The predicted molar refractivity (Wildman–Crippen MR) is 123 cm³/mol. The first-order valence-corrected chi connectivity index (χ1v) is 9.89. The first-order valence-electron chi connectivity index (χ1n) is 9.89. The third kappa shape index (κ3) is 9.38. The first-order chi connectivity index (χ1) is 13.5. The molecule has 1 saturated carbocycles. The smallest absolute Gasteiger partial charge is 0.668 e. The maximum absolute atomic E-state index is 10.7. The second kappa shape index (κ2) is 15.5. The Labute approximate surface area is 196 Å². The Hall–Kier alpha value is -1.29. The van der Waals surface area contributed by atoms with Crippen LogP contribution >= 0.6 is 0 Å². The molecule has 1 aliphatic carbocycles. The van der Waals surface area contributed by atoms with Gasteiger partial charge in [0.2, 0.25) is 0 Å². The molecule has 0 aliphatic heterocycles. The zero-order valence-corrected chi connectivity index (χ0v) is 21.0. The van der Waals surface area contributed by atoms with E-state index in [9.17, 15) is 5.11 Å². The summed E-state index contributed by atoms with van der Waals surface area (Å²) in [6, 6.07) is 15.8. The van der Waals surface area contributed by atoms with E-state index in [0.29, 0.717) is 5.75 Å². The van der Waals surface area contributed by atoms with Gasteiger partial charge in [0.15, 0.2) is 0 Å². The molecule has 0 aromatic heterocycles. The maximum atomic E-state index is 10.7. The van der Waals surface area contributed by atoms with Gasteiger partial charge in [0.25, 0.3) is 0 Å². The minimum Gasteiger partial charge on any atom is -0.668 e. The Kier molecular flexibility index (Phi) is 14.8. The van der Waals surface area contributed by atoms with Gasteiger partial charge < -0.3 is 15.7 Å². The number of phenolic OH excluding ortho intramolecular Hbond substituents is 1. The summed E-state index contributed by atoms with van der Waals surface area (Å²) in [7, 11) is 7.00. The number of benzene rings is 2. The second-order valence-electron chi connectivity index (χ2n) is 7.35. The van der Waals surface area contributed by atoms with Gasteiger partial charge in [-0.25, -0.2) is 0 Å². The molecule has 3 rings (SSSR count). The normalized spacial score (nSPS) is 14.7. The monoisotopic (exact) mass is 471 g/mol. The molecule has 1 fully saturated rings. The molecule has 29 heavy (non-hydrogen) atoms. The number of phenols is 1. The molecule has 0 saturated heterocycles. The molecule has 0 atom stereocenters. The number of nitrogens with zero attached hydrogens (tertiary/aromatic N) is 3. The molecule has 4 nitrogen and oxygen atoms in total. The summed E-state index contributed by atoms with van der Waals surface area (Å²) in [5.41, 5.74) is 2.87. The van der Waals surface area contributed by atoms with E-state index in [2.05, 4.69) is 28.6 Å². The van der Waals surface area contributed by atoms with E-state index in [1.807, 2.05) is 42.5 Å². The molecule has 1 N–H and O–H groups in total. The Morgan fingerprint density at radius 2 is 1.41 bits per heavy atom. The minimum absolute atomic E-state index is 0. The van der Waals surface area contributed by atoms with Crippen LogP contribution in [0, 0.1) is 0 Å². The number of hydrogen-bond donors (Lipinski definition) is 1. The van der Waals surface area contributed by atoms with Gasteiger partial charge in [-0.05, 0) is 36.5 Å². The zero-order valence-electron chi connectivity index (χ0n) is 18.5. The molecular formula is C24H35N3OZr. The molecule has 0 amide bonds. The Balaban J connectivity index is 0.00000100. The van der Waals surface area contributed by atoms with Gasteiger partial charge in [0.1, 0.15) is 5.75 Å². The van der Waals surface area contributed by atoms with Crippen molar-refractivity contribution in [2.45, 2.75) is 44.4 Å². The SMILES string of the molecule is CC1(c2cccc(C=Nc3ccccc3)c2O)CCCCC1.C[N-]C.C[N-]C.[Zr+2]. The number of para-hydroxylation sites is 2. The van der Waals surface area contributed by atoms with Crippen LogP contribution in [0.3, 0.4) is 0 Å². The summed E-state index contributed by atoms with van der Waals surface area (Å²) in [5.74, 6) is 0.395. The second-order valence-corrected chi connectivity index (χ2v) is 7.35. The van der Waals surface area contributed by atoms with Gasteiger partial charge >= 0.3 is 26.2 Å². The van der Waals surface area contributed by atoms with Crippen LogP contribution in [0.25, 0.3) is 10.6 Å². The summed E-state index contributed by atoms with van der Waals surface area (Å²) < 4.78 is 0. The molecule has 2 aromatic carbocycles. The average Bonchev–Trinajstić information content (AvgIpc) is 2.70. The summed E-state index contributed by atoms with van der Waals surface area (Å²) >= 11 is 0. The standard InChI is InChI=1S/C20H23NO.2C2H6N.Zr/c1-20(13-6-3-7-14-20)18-12-8-9-16(19(18)22)15-21-17-10-4-2-5-11-17;2*1-3-2;/h2,4-5,8-12,15,22H,3,6-7,13-14H2,1H3;2*1-2H3;/q;2*-1;+2. The maximum Gasteiger partial charge on any atom is 2.00 e. The van der Waals surface area contributed by atoms with Crippen LogP contribution in [-0.2, 0) is 31.6 Å². The quantitative estimate of drug-likeness (QED) is 0.502. The zero-order chi connectivity index (χ0) is 20.8. The third-order valence-electron chi connectivity index (χ3n) is 4.78. The van der Waals surface area contributed by atoms with Gasteiger partial charge in [-0.1, -0.05) is 56.5 Å². The van der Waals surface area contributed by atoms with Crippen LogP contribution in [-0.4, -0.2) is 39.5 Å². The topological polar surface area (TPSA) is 60.8 Å². The number of rotatable bonds is 3. The summed E-state index contributed by atoms with van der Waals surface area (Å²) in [6.45, 7) is 2.28. The molecular weight excluding hydrogens is 438 g/mol. The van der Waals surface area contributed by atoms with Crippen molar-refractivity contribution in [3.63, 3.8) is 0 Å². The van der Waals surface area contributed by atoms with Crippen LogP contribution in [0.1, 0.15) is 50.2 Å². The average molecular weight is 473 g/mol. The van der Waals surface area contributed by atoms with Gasteiger partial charge in [0.05, 0.1) is 5.69 Å². The largest absolute Gasteiger partial charge is 2.00 e. The summed E-state index contributed by atoms with van der Waals surface area (Å²) in [6.07, 6.45) is 7.88. The molecule has 0 radical (unpaired) electrons. The van der Waals surface area contributed by atoms with Gasteiger partial charge in [-0.3, -0.25) is 4.99 Å². The Morgan fingerprint density at radius 1 is 0.862 bits per heavy atom. The van der Waals surface area contributed by atoms with Crippen molar-refractivity contribution in [1.82, 2.24) is 0 Å². The van der Waals surface area contributed by atoms with E-state index in [-0.39, 0.29) is 31.6 Å². The fourth-order valence-corrected chi connectivity index (χ4v) is 3.41. The van der Waals surface area contributed by atoms with Crippen LogP contribution < -0.4 is 0 Å². The van der Waals surface area contributed by atoms with Gasteiger partial charge in [-0.15, -0.1) is 0 Å². The van der Waals surface area contributed by atoms with Crippen molar-refractivity contribution in [2.24, 2.45) is 4.99 Å². The van der Waals surface area contributed by atoms with Crippen molar-refractivity contribution in [3.8, 4) is 5.75 Å². The van der Waals surface area contributed by atoms with E-state index in [1.54, 1.807) is 34.4 Å². The Bertz CT molecular complexity index is 697. The number of hydrogen-bond acceptors (Lipinski definition) is 2. The third-order valence-corrected chi connectivity index (χ3v) is 4.78. The first kappa shape index (κ1) is 27.7. The molecule has 5 heteroatoms. The molecule has 1 aliphatic rings. The fraction of sp³-hybridized carbons (Fsp3) is 0.458. The minimum atomic E-state index is 0. The van der Waals surface area contributed by atoms with E-state index < -0.39 is 0 Å². The van der Waals surface area contributed by atoms with Crippen molar-refractivity contribution in [3.05, 3.63) is 70.3 Å². The van der Waals surface area contributed by atoms with E-state index >= 15 is 0 Å². The van der Waals surface area contributed by atoms with Crippen LogP contribution in [0.5, 0.6) is 5.75 Å². The fourth-order valence-electron chi connectivity index (χ4n) is 3.41. The predicted octanol–water partition coefficient (Wildman–Crippen LogP) is 6.60. The summed E-state index contributed by atoms with van der Waals surface area (Å²) in [4.78, 5) is 4.46. The number of aromatic hydroxyl groups is 1. The summed E-state index contributed by atoms with van der Waals surface area (Å²) in [5, 5.41) is 17.7. The molecule has 0 heterocycles. The molecule has 2 aromatic rings. The van der Waals surface area contributed by atoms with Crippen LogP contribution in [0.4, 0.5) is 5.69 Å². The van der Waals surface area contributed by atoms with Crippen molar-refractivity contribution in [1.29, 1.82) is 0 Å². The van der Waals surface area contributed by atoms with Crippen molar-refractivity contribution >= 4 is 11.9 Å². The van der Waals surface area contributed by atoms with E-state index in [4.69, 9.17) is 0 Å². The molecule has 0 spiro atoms. The number of aliphatic imine (C=N–C) groups is 1. The molecule has 156 valence electrons. The van der Waals surface area contributed by atoms with E-state index in [0.717, 1.165) is 29.7 Å². The van der Waals surface area contributed by atoms with Crippen molar-refractivity contribution in [2.75, 3.05) is 28.2 Å². The van der Waals surface area contributed by atoms with Gasteiger partial charge in [0, 0.05) is 17.3 Å². The van der Waals surface area contributed by atoms with Crippen molar-refractivity contribution < 1.29 is 31.3 Å².